The van der Waals surface area contributed by atoms with E-state index >= 15 is 0 Å². The van der Waals surface area contributed by atoms with Gasteiger partial charge in [0.05, 0.1) is 24.9 Å². The lowest BCUT2D eigenvalue weighted by molar-refractivity contribution is 0.0718. The van der Waals surface area contributed by atoms with Crippen LogP contribution in [0.15, 0.2) is 42.9 Å². The van der Waals surface area contributed by atoms with Crippen LogP contribution in [0.4, 0.5) is 0 Å². The molecule has 4 rings (SSSR count). The van der Waals surface area contributed by atoms with Crippen molar-refractivity contribution >= 4 is 24.6 Å². The van der Waals surface area contributed by atoms with Crippen LogP contribution in [0.5, 0.6) is 0 Å². The molecular weight excluding hydrogens is 432 g/mol. The number of hydrogen-bond acceptors (Lipinski definition) is 6. The average molecular weight is 467 g/mol. The fourth-order valence-corrected chi connectivity index (χ4v) is 4.45. The molecule has 9 heteroatoms. The number of fused-ring (bicyclic) bond motifs is 2. The van der Waals surface area contributed by atoms with E-state index in [0.29, 0.717) is 19.9 Å². The predicted octanol–water partition coefficient (Wildman–Crippen LogP) is 4.14. The van der Waals surface area contributed by atoms with E-state index in [1.54, 1.807) is 10.8 Å². The maximum Gasteiger partial charge on any atom is 0.142 e. The Morgan fingerprint density at radius 2 is 1.85 bits per heavy atom. The highest BCUT2D eigenvalue weighted by Gasteiger charge is 2.18. The summed E-state index contributed by atoms with van der Waals surface area (Å²) in [6.07, 6.45) is 5.46. The van der Waals surface area contributed by atoms with E-state index in [4.69, 9.17) is 14.5 Å². The van der Waals surface area contributed by atoms with Gasteiger partial charge in [-0.05, 0) is 50.0 Å². The molecule has 4 heterocycles. The van der Waals surface area contributed by atoms with E-state index in [2.05, 4.69) is 45.4 Å². The molecular formula is C24H34N6O2Si. The Labute approximate surface area is 196 Å². The zero-order valence-corrected chi connectivity index (χ0v) is 21.3. The lowest BCUT2D eigenvalue weighted by atomic mass is 10.1. The van der Waals surface area contributed by atoms with Crippen LogP contribution in [0.3, 0.4) is 0 Å². The van der Waals surface area contributed by atoms with Crippen LogP contribution in [0.2, 0.25) is 25.7 Å². The number of pyridine rings is 1. The Morgan fingerprint density at radius 3 is 2.64 bits per heavy atom. The maximum absolute atomic E-state index is 6.12. The van der Waals surface area contributed by atoms with Gasteiger partial charge in [0.2, 0.25) is 0 Å². The number of likely N-dealkylation sites (N-methyl/N-ethyl adjacent to an activating group) is 1. The van der Waals surface area contributed by atoms with Gasteiger partial charge < -0.3 is 18.9 Å². The van der Waals surface area contributed by atoms with Crippen molar-refractivity contribution in [2.24, 2.45) is 0 Å². The molecule has 0 bridgehead atoms. The molecule has 4 aromatic rings. The van der Waals surface area contributed by atoms with Crippen LogP contribution in [-0.2, 0) is 22.8 Å². The van der Waals surface area contributed by atoms with E-state index in [0.717, 1.165) is 52.6 Å². The van der Waals surface area contributed by atoms with Gasteiger partial charge in [0.1, 0.15) is 12.4 Å². The first kappa shape index (κ1) is 23.6. The summed E-state index contributed by atoms with van der Waals surface area (Å²) in [5.41, 5.74) is 5.04. The first-order chi connectivity index (χ1) is 15.8. The topological polar surface area (TPSA) is 69.7 Å². The molecule has 4 aromatic heterocycles. The molecule has 33 heavy (non-hydrogen) atoms. The molecule has 0 spiro atoms. The Balaban J connectivity index is 1.67. The maximum atomic E-state index is 6.12. The Kier molecular flexibility index (Phi) is 7.23. The van der Waals surface area contributed by atoms with Gasteiger partial charge in [0.25, 0.3) is 0 Å². The van der Waals surface area contributed by atoms with E-state index in [1.165, 1.54) is 0 Å². The largest absolute Gasteiger partial charge is 0.374 e. The van der Waals surface area contributed by atoms with E-state index in [1.807, 2.05) is 44.7 Å². The van der Waals surface area contributed by atoms with Crippen LogP contribution in [0, 0.1) is 0 Å². The minimum Gasteiger partial charge on any atom is -0.374 e. The minimum atomic E-state index is -1.15. The van der Waals surface area contributed by atoms with Crippen LogP contribution in [-0.4, -0.2) is 71.2 Å². The quantitative estimate of drug-likeness (QED) is 0.244. The molecule has 0 aliphatic carbocycles. The van der Waals surface area contributed by atoms with Gasteiger partial charge in [-0.1, -0.05) is 19.6 Å². The number of aromatic nitrogens is 5. The van der Waals surface area contributed by atoms with Gasteiger partial charge in [-0.15, -0.1) is 0 Å². The van der Waals surface area contributed by atoms with Crippen molar-refractivity contribution in [2.45, 2.75) is 39.0 Å². The monoisotopic (exact) mass is 466 g/mol. The van der Waals surface area contributed by atoms with Gasteiger partial charge in [0.15, 0.2) is 0 Å². The highest BCUT2D eigenvalue weighted by atomic mass is 28.3. The Morgan fingerprint density at radius 1 is 1.00 bits per heavy atom. The molecule has 0 fully saturated rings. The fourth-order valence-electron chi connectivity index (χ4n) is 3.70. The van der Waals surface area contributed by atoms with E-state index in [-0.39, 0.29) is 0 Å². The standard InChI is InChI=1S/C24H34N6O2Si/c1-28(2)11-12-31-17-19-15-21-20(22-16-27-30-23(22)7-6-9-26-30)8-10-25-24(21)29(19)18-32-13-14-33(3,4)5/h6-10,15-16H,11-14,17-18H2,1-5H3. The number of rotatable bonds is 11. The van der Waals surface area contributed by atoms with Crippen molar-refractivity contribution < 1.29 is 9.47 Å². The zero-order chi connectivity index (χ0) is 23.4. The molecule has 0 aliphatic rings. The highest BCUT2D eigenvalue weighted by Crippen LogP contribution is 2.32. The van der Waals surface area contributed by atoms with Crippen molar-refractivity contribution in [1.82, 2.24) is 29.3 Å². The Hall–Kier alpha value is -2.59. The SMILES string of the molecule is CN(C)CCOCc1cc2c(-c3cnn4ncccc34)ccnc2n1COCC[Si](C)(C)C. The summed E-state index contributed by atoms with van der Waals surface area (Å²) in [7, 11) is 2.95. The van der Waals surface area contributed by atoms with Gasteiger partial charge in [-0.2, -0.15) is 14.8 Å². The van der Waals surface area contributed by atoms with Crippen molar-refractivity contribution in [1.29, 1.82) is 0 Å². The summed E-state index contributed by atoms with van der Waals surface area (Å²) < 4.78 is 15.9. The number of ether oxygens (including phenoxy) is 2. The second-order valence-electron chi connectivity index (χ2n) is 9.82. The molecule has 0 aromatic carbocycles. The molecule has 0 amide bonds. The van der Waals surface area contributed by atoms with E-state index < -0.39 is 8.07 Å². The first-order valence-electron chi connectivity index (χ1n) is 11.4. The molecule has 0 radical (unpaired) electrons. The molecule has 0 unspecified atom stereocenters. The van der Waals surface area contributed by atoms with Crippen molar-refractivity contribution in [2.75, 3.05) is 33.9 Å². The lowest BCUT2D eigenvalue weighted by Gasteiger charge is -2.17. The third kappa shape index (κ3) is 5.67. The highest BCUT2D eigenvalue weighted by molar-refractivity contribution is 6.76. The minimum absolute atomic E-state index is 0.465. The second-order valence-corrected chi connectivity index (χ2v) is 15.4. The van der Waals surface area contributed by atoms with Crippen LogP contribution in [0.1, 0.15) is 5.69 Å². The Bertz CT molecular complexity index is 1210. The molecule has 176 valence electrons. The van der Waals surface area contributed by atoms with Crippen LogP contribution >= 0.6 is 0 Å². The van der Waals surface area contributed by atoms with Gasteiger partial charge in [-0.3, -0.25) is 0 Å². The number of hydrogen-bond donors (Lipinski definition) is 0. The third-order valence-corrected chi connectivity index (χ3v) is 7.33. The van der Waals surface area contributed by atoms with Crippen molar-refractivity contribution in [3.63, 3.8) is 0 Å². The molecule has 0 saturated heterocycles. The lowest BCUT2D eigenvalue weighted by Crippen LogP contribution is -2.22. The summed E-state index contributed by atoms with van der Waals surface area (Å²) in [6, 6.07) is 9.31. The normalized spacial score (nSPS) is 12.4. The molecule has 0 atom stereocenters. The molecule has 0 N–H and O–H groups in total. The number of nitrogens with zero attached hydrogens (tertiary/aromatic N) is 6. The van der Waals surface area contributed by atoms with Crippen molar-refractivity contribution in [3.05, 3.63) is 48.5 Å². The van der Waals surface area contributed by atoms with Gasteiger partial charge in [0, 0.05) is 50.3 Å². The summed E-state index contributed by atoms with van der Waals surface area (Å²) in [5, 5.41) is 9.79. The molecule has 0 aliphatic heterocycles. The summed E-state index contributed by atoms with van der Waals surface area (Å²) in [6.45, 7) is 10.4. The second kappa shape index (κ2) is 10.1. The van der Waals surface area contributed by atoms with Gasteiger partial charge in [-0.25, -0.2) is 4.98 Å². The zero-order valence-electron chi connectivity index (χ0n) is 20.3. The van der Waals surface area contributed by atoms with Crippen LogP contribution < -0.4 is 0 Å². The van der Waals surface area contributed by atoms with Crippen molar-refractivity contribution in [3.8, 4) is 11.1 Å². The third-order valence-electron chi connectivity index (χ3n) is 5.63. The van der Waals surface area contributed by atoms with Crippen LogP contribution in [0.25, 0.3) is 27.7 Å². The average Bonchev–Trinajstić information content (AvgIpc) is 3.35. The summed E-state index contributed by atoms with van der Waals surface area (Å²) in [5.74, 6) is 0. The fraction of sp³-hybridized carbons (Fsp3) is 0.458. The first-order valence-corrected chi connectivity index (χ1v) is 15.1. The molecule has 0 saturated carbocycles. The molecule has 8 nitrogen and oxygen atoms in total. The predicted molar refractivity (Wildman–Crippen MR) is 134 cm³/mol. The smallest absolute Gasteiger partial charge is 0.142 e. The summed E-state index contributed by atoms with van der Waals surface area (Å²) >= 11 is 0. The summed E-state index contributed by atoms with van der Waals surface area (Å²) in [4.78, 5) is 6.84. The van der Waals surface area contributed by atoms with E-state index in [9.17, 15) is 0 Å². The van der Waals surface area contributed by atoms with Gasteiger partial charge >= 0.3 is 0 Å².